The number of nitrogens with one attached hydrogen (secondary N) is 2. The van der Waals surface area contributed by atoms with Gasteiger partial charge in [0.1, 0.15) is 6.54 Å². The Bertz CT molecular complexity index is 910. The number of fused-ring (bicyclic) bond motifs is 1. The molecule has 2 N–H and O–H groups in total. The Morgan fingerprint density at radius 3 is 2.50 bits per heavy atom. The third-order valence-corrected chi connectivity index (χ3v) is 6.08. The molecular formula is C21H26F3N5O3. The molecule has 2 heterocycles. The monoisotopic (exact) mass is 453 g/mol. The van der Waals surface area contributed by atoms with Crippen LogP contribution >= 0.6 is 0 Å². The zero-order valence-electron chi connectivity index (χ0n) is 17.7. The van der Waals surface area contributed by atoms with Crippen molar-refractivity contribution in [2.45, 2.75) is 38.0 Å². The zero-order chi connectivity index (χ0) is 23.0. The van der Waals surface area contributed by atoms with E-state index < -0.39 is 23.7 Å². The molecule has 174 valence electrons. The van der Waals surface area contributed by atoms with E-state index in [9.17, 15) is 27.6 Å². The lowest BCUT2D eigenvalue weighted by molar-refractivity contribution is -0.137. The average molecular weight is 453 g/mol. The summed E-state index contributed by atoms with van der Waals surface area (Å²) in [6.07, 6.45) is -2.48. The highest BCUT2D eigenvalue weighted by atomic mass is 19.4. The number of hydrogen-bond donors (Lipinski definition) is 2. The van der Waals surface area contributed by atoms with E-state index in [1.807, 2.05) is 9.80 Å². The molecule has 4 rings (SSSR count). The number of carbonyl (C=O) groups excluding carboxylic acids is 3. The van der Waals surface area contributed by atoms with Gasteiger partial charge in [-0.25, -0.2) is 0 Å². The van der Waals surface area contributed by atoms with Crippen molar-refractivity contribution >= 4 is 29.1 Å². The lowest BCUT2D eigenvalue weighted by Crippen LogP contribution is -2.57. The molecule has 11 heteroatoms. The van der Waals surface area contributed by atoms with Gasteiger partial charge in [-0.05, 0) is 38.0 Å². The van der Waals surface area contributed by atoms with Gasteiger partial charge in [-0.2, -0.15) is 13.2 Å². The second-order valence-electron chi connectivity index (χ2n) is 8.53. The van der Waals surface area contributed by atoms with Crippen LogP contribution in [-0.2, 0) is 20.6 Å². The molecule has 32 heavy (non-hydrogen) atoms. The van der Waals surface area contributed by atoms with Crippen LogP contribution in [0.25, 0.3) is 0 Å². The molecule has 1 aromatic carbocycles. The van der Waals surface area contributed by atoms with Gasteiger partial charge in [0.25, 0.3) is 0 Å². The number of nitrogens with zero attached hydrogens (tertiary/aromatic N) is 3. The first-order valence-electron chi connectivity index (χ1n) is 10.7. The molecular weight excluding hydrogens is 427 g/mol. The van der Waals surface area contributed by atoms with Crippen molar-refractivity contribution in [3.63, 3.8) is 0 Å². The molecule has 0 spiro atoms. The highest BCUT2D eigenvalue weighted by Crippen LogP contribution is 2.37. The SMILES string of the molecule is C[C@H](C(=O)N1CC(=O)Nc2cc(C(F)(F)F)ccc21)N1CCN(CC(=O)NC2CC2)CC1. The van der Waals surface area contributed by atoms with Crippen molar-refractivity contribution in [2.24, 2.45) is 0 Å². The predicted molar refractivity (Wildman–Crippen MR) is 111 cm³/mol. The molecule has 0 unspecified atom stereocenters. The van der Waals surface area contributed by atoms with Crippen LogP contribution in [0.3, 0.4) is 0 Å². The van der Waals surface area contributed by atoms with Crippen LogP contribution in [0.5, 0.6) is 0 Å². The lowest BCUT2D eigenvalue weighted by atomic mass is 10.1. The third-order valence-electron chi connectivity index (χ3n) is 6.08. The zero-order valence-corrected chi connectivity index (χ0v) is 17.7. The quantitative estimate of drug-likeness (QED) is 0.702. The Labute approximate surface area is 183 Å². The second kappa shape index (κ2) is 8.70. The number of alkyl halides is 3. The molecule has 2 fully saturated rings. The molecule has 1 aromatic rings. The van der Waals surface area contributed by atoms with Crippen LogP contribution in [0.15, 0.2) is 18.2 Å². The minimum Gasteiger partial charge on any atom is -0.352 e. The summed E-state index contributed by atoms with van der Waals surface area (Å²) in [5.74, 6) is -0.871. The van der Waals surface area contributed by atoms with E-state index in [1.54, 1.807) is 6.92 Å². The topological polar surface area (TPSA) is 85.0 Å². The fourth-order valence-corrected chi connectivity index (χ4v) is 4.06. The van der Waals surface area contributed by atoms with Crippen molar-refractivity contribution < 1.29 is 27.6 Å². The maximum absolute atomic E-state index is 13.2. The Morgan fingerprint density at radius 1 is 1.19 bits per heavy atom. The number of carbonyl (C=O) groups is 3. The van der Waals surface area contributed by atoms with Crippen molar-refractivity contribution in [2.75, 3.05) is 49.5 Å². The van der Waals surface area contributed by atoms with Gasteiger partial charge in [-0.3, -0.25) is 29.1 Å². The highest BCUT2D eigenvalue weighted by molar-refractivity contribution is 6.11. The Kier molecular flexibility index (Phi) is 6.13. The number of amides is 3. The Morgan fingerprint density at radius 2 is 1.88 bits per heavy atom. The van der Waals surface area contributed by atoms with E-state index in [4.69, 9.17) is 0 Å². The molecule has 1 aliphatic carbocycles. The molecule has 8 nitrogen and oxygen atoms in total. The summed E-state index contributed by atoms with van der Waals surface area (Å²) in [4.78, 5) is 42.5. The fourth-order valence-electron chi connectivity index (χ4n) is 4.06. The number of benzene rings is 1. The first kappa shape index (κ1) is 22.5. The average Bonchev–Trinajstić information content (AvgIpc) is 3.55. The second-order valence-corrected chi connectivity index (χ2v) is 8.53. The summed E-state index contributed by atoms with van der Waals surface area (Å²) < 4.78 is 39.1. The van der Waals surface area contributed by atoms with E-state index in [1.165, 1.54) is 11.0 Å². The fraction of sp³-hybridized carbons (Fsp3) is 0.571. The number of rotatable bonds is 5. The van der Waals surface area contributed by atoms with Gasteiger partial charge in [-0.1, -0.05) is 0 Å². The van der Waals surface area contributed by atoms with E-state index in [2.05, 4.69) is 10.6 Å². The van der Waals surface area contributed by atoms with Crippen LogP contribution in [0, 0.1) is 0 Å². The molecule has 1 saturated carbocycles. The number of hydrogen-bond acceptors (Lipinski definition) is 5. The van der Waals surface area contributed by atoms with Gasteiger partial charge in [0.05, 0.1) is 29.5 Å². The summed E-state index contributed by atoms with van der Waals surface area (Å²) in [7, 11) is 0. The molecule has 0 aromatic heterocycles. The van der Waals surface area contributed by atoms with Gasteiger partial charge < -0.3 is 10.6 Å². The summed E-state index contributed by atoms with van der Waals surface area (Å²) in [6, 6.07) is 2.74. The predicted octanol–water partition coefficient (Wildman–Crippen LogP) is 1.28. The van der Waals surface area contributed by atoms with Crippen LogP contribution in [0.2, 0.25) is 0 Å². The Hall–Kier alpha value is -2.66. The van der Waals surface area contributed by atoms with Crippen LogP contribution in [-0.4, -0.2) is 78.9 Å². The largest absolute Gasteiger partial charge is 0.416 e. The highest BCUT2D eigenvalue weighted by Gasteiger charge is 2.36. The van der Waals surface area contributed by atoms with E-state index in [-0.39, 0.29) is 29.7 Å². The molecule has 0 bridgehead atoms. The summed E-state index contributed by atoms with van der Waals surface area (Å²) >= 11 is 0. The minimum atomic E-state index is -4.55. The van der Waals surface area contributed by atoms with Gasteiger partial charge in [0.2, 0.25) is 17.7 Å². The van der Waals surface area contributed by atoms with Crippen molar-refractivity contribution in [3.05, 3.63) is 23.8 Å². The van der Waals surface area contributed by atoms with Crippen LogP contribution in [0.1, 0.15) is 25.3 Å². The maximum atomic E-state index is 13.2. The standard InChI is InChI=1S/C21H26F3N5O3/c1-13(28-8-6-27(7-9-28)11-18(30)25-15-3-4-15)20(32)29-12-19(31)26-16-10-14(21(22,23)24)2-5-17(16)29/h2,5,10,13,15H,3-4,6-9,11-12H2,1H3,(H,25,30)(H,26,31)/t13-/m1/s1. The normalized spacial score (nSPS) is 21.0. The summed E-state index contributed by atoms with van der Waals surface area (Å²) in [6.45, 7) is 4.21. The lowest BCUT2D eigenvalue weighted by Gasteiger charge is -2.39. The van der Waals surface area contributed by atoms with E-state index >= 15 is 0 Å². The van der Waals surface area contributed by atoms with Gasteiger partial charge in [-0.15, -0.1) is 0 Å². The van der Waals surface area contributed by atoms with Gasteiger partial charge in [0, 0.05) is 32.2 Å². The Balaban J connectivity index is 1.39. The molecule has 1 atom stereocenters. The van der Waals surface area contributed by atoms with E-state index in [0.29, 0.717) is 38.8 Å². The van der Waals surface area contributed by atoms with Crippen LogP contribution < -0.4 is 15.5 Å². The van der Waals surface area contributed by atoms with E-state index in [0.717, 1.165) is 25.0 Å². The first-order valence-corrected chi connectivity index (χ1v) is 10.7. The maximum Gasteiger partial charge on any atom is 0.416 e. The molecule has 0 radical (unpaired) electrons. The number of piperazine rings is 1. The van der Waals surface area contributed by atoms with Gasteiger partial charge >= 0.3 is 6.18 Å². The minimum absolute atomic E-state index is 0.0132. The van der Waals surface area contributed by atoms with Crippen LogP contribution in [0.4, 0.5) is 24.5 Å². The van der Waals surface area contributed by atoms with Crippen molar-refractivity contribution in [3.8, 4) is 0 Å². The van der Waals surface area contributed by atoms with Gasteiger partial charge in [0.15, 0.2) is 0 Å². The van der Waals surface area contributed by atoms with Crippen molar-refractivity contribution in [1.82, 2.24) is 15.1 Å². The molecule has 3 amide bonds. The number of halogens is 3. The summed E-state index contributed by atoms with van der Waals surface area (Å²) in [5.41, 5.74) is -0.659. The summed E-state index contributed by atoms with van der Waals surface area (Å²) in [5, 5.41) is 5.39. The smallest absolute Gasteiger partial charge is 0.352 e. The number of anilines is 2. The first-order chi connectivity index (χ1) is 15.1. The molecule has 1 saturated heterocycles. The van der Waals surface area contributed by atoms with Crippen molar-refractivity contribution in [1.29, 1.82) is 0 Å². The third kappa shape index (κ3) is 5.04. The molecule has 2 aliphatic heterocycles. The molecule has 3 aliphatic rings.